The first-order valence-electron chi connectivity index (χ1n) is 5.09. The maximum Gasteiger partial charge on any atom is 0.274 e. The van der Waals surface area contributed by atoms with E-state index in [0.717, 1.165) is 5.56 Å². The zero-order valence-electron chi connectivity index (χ0n) is 9.71. The zero-order valence-corrected chi connectivity index (χ0v) is 9.71. The fourth-order valence-electron chi connectivity index (χ4n) is 1.56. The van der Waals surface area contributed by atoms with Crippen LogP contribution >= 0.6 is 0 Å². The predicted octanol–water partition coefficient (Wildman–Crippen LogP) is -0.00240. The van der Waals surface area contributed by atoms with Gasteiger partial charge in [0, 0.05) is 32.4 Å². The lowest BCUT2D eigenvalue weighted by Gasteiger charge is -2.15. The Bertz CT molecular complexity index is 528. The van der Waals surface area contributed by atoms with E-state index in [9.17, 15) is 4.79 Å². The average Bonchev–Trinajstić information content (AvgIpc) is 2.86. The van der Waals surface area contributed by atoms with Crippen LogP contribution in [-0.2, 0) is 13.6 Å². The molecule has 0 spiro atoms. The molecule has 0 fully saturated rings. The fourth-order valence-corrected chi connectivity index (χ4v) is 1.56. The second-order valence-electron chi connectivity index (χ2n) is 3.88. The van der Waals surface area contributed by atoms with Crippen molar-refractivity contribution in [1.29, 1.82) is 0 Å². The van der Waals surface area contributed by atoms with E-state index in [1.807, 2.05) is 13.2 Å². The Hall–Kier alpha value is -2.31. The van der Waals surface area contributed by atoms with Crippen molar-refractivity contribution >= 4 is 11.6 Å². The summed E-state index contributed by atoms with van der Waals surface area (Å²) in [6, 6.07) is 0. The highest BCUT2D eigenvalue weighted by Crippen LogP contribution is 2.11. The van der Waals surface area contributed by atoms with Crippen LogP contribution in [-0.4, -0.2) is 37.8 Å². The minimum atomic E-state index is -0.191. The summed E-state index contributed by atoms with van der Waals surface area (Å²) in [6.45, 7) is 0.477. The lowest BCUT2D eigenvalue weighted by Crippen LogP contribution is -2.27. The summed E-state index contributed by atoms with van der Waals surface area (Å²) in [7, 11) is 3.54. The third-order valence-corrected chi connectivity index (χ3v) is 2.41. The van der Waals surface area contributed by atoms with Crippen LogP contribution in [0.3, 0.4) is 0 Å². The zero-order chi connectivity index (χ0) is 12.4. The number of aryl methyl sites for hydroxylation is 1. The number of nitrogens with two attached hydrogens (primary N) is 1. The molecule has 0 unspecified atom stereocenters. The maximum absolute atomic E-state index is 12.0. The molecule has 0 aliphatic heterocycles. The van der Waals surface area contributed by atoms with Crippen molar-refractivity contribution in [3.63, 3.8) is 0 Å². The molecule has 3 N–H and O–H groups in total. The number of aromatic nitrogens is 4. The van der Waals surface area contributed by atoms with Gasteiger partial charge in [-0.25, -0.2) is 0 Å². The average molecular weight is 234 g/mol. The maximum atomic E-state index is 12.0. The first kappa shape index (κ1) is 11.2. The van der Waals surface area contributed by atoms with Crippen LogP contribution < -0.4 is 5.73 Å². The van der Waals surface area contributed by atoms with Crippen molar-refractivity contribution in [1.82, 2.24) is 24.9 Å². The Balaban J connectivity index is 2.08. The van der Waals surface area contributed by atoms with Crippen LogP contribution in [0.1, 0.15) is 16.1 Å². The van der Waals surface area contributed by atoms with Crippen LogP contribution in [0.25, 0.3) is 0 Å². The van der Waals surface area contributed by atoms with Crippen LogP contribution in [0.5, 0.6) is 0 Å². The van der Waals surface area contributed by atoms with Gasteiger partial charge in [0.25, 0.3) is 5.91 Å². The molecule has 2 heterocycles. The molecule has 0 aliphatic rings. The summed E-state index contributed by atoms with van der Waals surface area (Å²) < 4.78 is 1.69. The highest BCUT2D eigenvalue weighted by atomic mass is 16.2. The molecule has 0 bridgehead atoms. The van der Waals surface area contributed by atoms with E-state index in [0.29, 0.717) is 17.9 Å². The van der Waals surface area contributed by atoms with Gasteiger partial charge in [0.1, 0.15) is 5.69 Å². The van der Waals surface area contributed by atoms with Gasteiger partial charge in [-0.05, 0) is 0 Å². The van der Waals surface area contributed by atoms with E-state index in [1.165, 1.54) is 6.20 Å². The van der Waals surface area contributed by atoms with E-state index < -0.39 is 0 Å². The molecule has 7 nitrogen and oxygen atoms in total. The summed E-state index contributed by atoms with van der Waals surface area (Å²) in [5.74, 6) is -0.191. The van der Waals surface area contributed by atoms with Crippen molar-refractivity contribution in [2.24, 2.45) is 7.05 Å². The summed E-state index contributed by atoms with van der Waals surface area (Å²) in [5.41, 5.74) is 7.25. The van der Waals surface area contributed by atoms with Gasteiger partial charge >= 0.3 is 0 Å². The van der Waals surface area contributed by atoms with E-state index >= 15 is 0 Å². The fraction of sp³-hybridized carbons (Fsp3) is 0.300. The summed E-state index contributed by atoms with van der Waals surface area (Å²) >= 11 is 0. The molecule has 2 rings (SSSR count). The minimum Gasteiger partial charge on any atom is -0.396 e. The first-order chi connectivity index (χ1) is 8.08. The van der Waals surface area contributed by atoms with Crippen LogP contribution in [0.15, 0.2) is 18.6 Å². The number of amides is 1. The predicted molar refractivity (Wildman–Crippen MR) is 62.0 cm³/mol. The third kappa shape index (κ3) is 2.27. The Morgan fingerprint density at radius 2 is 2.35 bits per heavy atom. The van der Waals surface area contributed by atoms with Crippen LogP contribution in [0, 0.1) is 0 Å². The lowest BCUT2D eigenvalue weighted by atomic mass is 10.3. The van der Waals surface area contributed by atoms with Crippen LogP contribution in [0.2, 0.25) is 0 Å². The highest BCUT2D eigenvalue weighted by Gasteiger charge is 2.16. The molecule has 17 heavy (non-hydrogen) atoms. The molecule has 90 valence electrons. The van der Waals surface area contributed by atoms with Crippen molar-refractivity contribution in [2.45, 2.75) is 6.54 Å². The number of carbonyl (C=O) groups excluding carboxylic acids is 1. The van der Waals surface area contributed by atoms with Gasteiger partial charge in [0.15, 0.2) is 0 Å². The number of nitrogens with zero attached hydrogens (tertiary/aromatic N) is 4. The van der Waals surface area contributed by atoms with E-state index in [1.54, 1.807) is 22.8 Å². The number of hydrogen-bond acceptors (Lipinski definition) is 4. The number of nitrogens with one attached hydrogen (secondary N) is 1. The molecule has 0 radical (unpaired) electrons. The molecule has 0 saturated heterocycles. The largest absolute Gasteiger partial charge is 0.396 e. The lowest BCUT2D eigenvalue weighted by molar-refractivity contribution is 0.0780. The highest BCUT2D eigenvalue weighted by molar-refractivity contribution is 5.96. The number of carbonyl (C=O) groups is 1. The van der Waals surface area contributed by atoms with E-state index in [2.05, 4.69) is 15.3 Å². The van der Waals surface area contributed by atoms with Gasteiger partial charge in [-0.3, -0.25) is 14.6 Å². The Kier molecular flexibility index (Phi) is 2.82. The topological polar surface area (TPSA) is 92.8 Å². The molecule has 1 amide bonds. The molecule has 0 aromatic carbocycles. The second kappa shape index (κ2) is 4.28. The number of anilines is 1. The number of aromatic amines is 1. The van der Waals surface area contributed by atoms with Gasteiger partial charge in [0.2, 0.25) is 0 Å². The summed E-state index contributed by atoms with van der Waals surface area (Å²) in [6.07, 6.45) is 5.01. The molecular formula is C10H14N6O. The monoisotopic (exact) mass is 234 g/mol. The number of hydrogen-bond donors (Lipinski definition) is 2. The SMILES string of the molecule is CN(Cc1cnn(C)c1)C(=O)c1[nH]ncc1N. The third-order valence-electron chi connectivity index (χ3n) is 2.41. The Labute approximate surface area is 98.2 Å². The minimum absolute atomic E-state index is 0.191. The normalized spacial score (nSPS) is 10.5. The standard InChI is InChI=1S/C10H14N6O/c1-15(5-7-3-13-16(2)6-7)10(17)9-8(11)4-12-14-9/h3-4,6H,5,11H2,1-2H3,(H,12,14). The molecule has 0 aliphatic carbocycles. The summed E-state index contributed by atoms with van der Waals surface area (Å²) in [4.78, 5) is 13.5. The quantitative estimate of drug-likeness (QED) is 0.781. The number of rotatable bonds is 3. The summed E-state index contributed by atoms with van der Waals surface area (Å²) in [5, 5.41) is 10.4. The van der Waals surface area contributed by atoms with Crippen molar-refractivity contribution in [3.05, 3.63) is 29.8 Å². The molecule has 2 aromatic heterocycles. The molecule has 0 atom stereocenters. The first-order valence-corrected chi connectivity index (χ1v) is 5.09. The van der Waals surface area contributed by atoms with Crippen molar-refractivity contribution < 1.29 is 4.79 Å². The van der Waals surface area contributed by atoms with Gasteiger partial charge in [0.05, 0.1) is 18.1 Å². The number of nitrogen functional groups attached to an aromatic ring is 1. The van der Waals surface area contributed by atoms with Gasteiger partial charge < -0.3 is 10.6 Å². The van der Waals surface area contributed by atoms with Crippen molar-refractivity contribution in [2.75, 3.05) is 12.8 Å². The molecule has 2 aromatic rings. The smallest absolute Gasteiger partial charge is 0.274 e. The van der Waals surface area contributed by atoms with Gasteiger partial charge in [-0.1, -0.05) is 0 Å². The van der Waals surface area contributed by atoms with Crippen LogP contribution in [0.4, 0.5) is 5.69 Å². The molecule has 7 heteroatoms. The molecular weight excluding hydrogens is 220 g/mol. The van der Waals surface area contributed by atoms with Gasteiger partial charge in [-0.15, -0.1) is 0 Å². The number of H-pyrrole nitrogens is 1. The van der Waals surface area contributed by atoms with E-state index in [4.69, 9.17) is 5.73 Å². The second-order valence-corrected chi connectivity index (χ2v) is 3.88. The van der Waals surface area contributed by atoms with Crippen molar-refractivity contribution in [3.8, 4) is 0 Å². The van der Waals surface area contributed by atoms with Gasteiger partial charge in [-0.2, -0.15) is 10.2 Å². The molecule has 0 saturated carbocycles. The Morgan fingerprint density at radius 3 is 2.88 bits per heavy atom. The van der Waals surface area contributed by atoms with E-state index in [-0.39, 0.29) is 5.91 Å². The Morgan fingerprint density at radius 1 is 1.59 bits per heavy atom.